The zero-order chi connectivity index (χ0) is 20.3. The van der Waals surface area contributed by atoms with E-state index in [2.05, 4.69) is 55.5 Å². The molecule has 4 saturated heterocycles. The number of aromatic nitrogens is 3. The van der Waals surface area contributed by atoms with Gasteiger partial charge >= 0.3 is 0 Å². The molecular formula is C23H26N6O. The Morgan fingerprint density at radius 1 is 1.10 bits per heavy atom. The van der Waals surface area contributed by atoms with Crippen LogP contribution in [0.3, 0.4) is 0 Å². The molecule has 2 aromatic heterocycles. The van der Waals surface area contributed by atoms with Crippen LogP contribution in [0.15, 0.2) is 48.8 Å². The van der Waals surface area contributed by atoms with Crippen molar-refractivity contribution in [3.05, 3.63) is 65.6 Å². The summed E-state index contributed by atoms with van der Waals surface area (Å²) >= 11 is 0. The Hall–Kier alpha value is -2.77. The van der Waals surface area contributed by atoms with Crippen molar-refractivity contribution in [2.75, 3.05) is 39.3 Å². The first-order valence-corrected chi connectivity index (χ1v) is 10.7. The lowest BCUT2D eigenvalue weighted by Gasteiger charge is -2.55. The van der Waals surface area contributed by atoms with E-state index in [9.17, 15) is 4.79 Å². The summed E-state index contributed by atoms with van der Waals surface area (Å²) in [5, 5.41) is 7.79. The molecule has 154 valence electrons. The van der Waals surface area contributed by atoms with Gasteiger partial charge in [0, 0.05) is 68.9 Å². The molecule has 7 rings (SSSR count). The highest BCUT2D eigenvalue weighted by Crippen LogP contribution is 2.43. The molecule has 4 aliphatic rings. The number of carbonyl (C=O) groups excluding carboxylic acids is 1. The Bertz CT molecular complexity index is 1090. The molecule has 0 saturated carbocycles. The van der Waals surface area contributed by atoms with Crippen LogP contribution in [0.4, 0.5) is 0 Å². The average molecular weight is 403 g/mol. The van der Waals surface area contributed by atoms with Crippen molar-refractivity contribution >= 4 is 11.6 Å². The molecule has 3 atom stereocenters. The van der Waals surface area contributed by atoms with Gasteiger partial charge in [-0.25, -0.2) is 9.50 Å². The summed E-state index contributed by atoms with van der Waals surface area (Å²) in [6.07, 6.45) is 3.40. The van der Waals surface area contributed by atoms with Crippen LogP contribution in [-0.4, -0.2) is 75.6 Å². The molecule has 0 aliphatic carbocycles. The third kappa shape index (κ3) is 2.62. The highest BCUT2D eigenvalue weighted by atomic mass is 16.1. The highest BCUT2D eigenvalue weighted by Gasteiger charge is 2.55. The fraction of sp³-hybridized carbons (Fsp3) is 0.435. The Morgan fingerprint density at radius 2 is 1.83 bits per heavy atom. The predicted octanol–water partition coefficient (Wildman–Crippen LogP) is 1.34. The van der Waals surface area contributed by atoms with Crippen LogP contribution in [-0.2, 0) is 5.41 Å². The number of piperidine rings is 2. The minimum atomic E-state index is -0.0915. The van der Waals surface area contributed by atoms with E-state index < -0.39 is 0 Å². The van der Waals surface area contributed by atoms with Gasteiger partial charge < -0.3 is 15.1 Å². The van der Waals surface area contributed by atoms with Crippen molar-refractivity contribution in [3.8, 4) is 0 Å². The SMILES string of the molecule is Cc1c(C(=O)N[C@@H]2C3CN4CCN(C3)CC2(c2ccccc2)C4)cnc2ccnn12. The molecule has 30 heavy (non-hydrogen) atoms. The van der Waals surface area contributed by atoms with Crippen molar-refractivity contribution in [1.82, 2.24) is 29.7 Å². The first-order valence-electron chi connectivity index (χ1n) is 10.7. The number of rotatable bonds is 3. The molecular weight excluding hydrogens is 376 g/mol. The van der Waals surface area contributed by atoms with E-state index in [-0.39, 0.29) is 17.4 Å². The van der Waals surface area contributed by atoms with Gasteiger partial charge in [0.1, 0.15) is 0 Å². The lowest BCUT2D eigenvalue weighted by molar-refractivity contribution is 0.0180. The quantitative estimate of drug-likeness (QED) is 0.716. The Morgan fingerprint density at radius 3 is 2.57 bits per heavy atom. The molecule has 1 N–H and O–H groups in total. The summed E-state index contributed by atoms with van der Waals surface area (Å²) < 4.78 is 1.74. The topological polar surface area (TPSA) is 65.8 Å². The number of hydrogen-bond acceptors (Lipinski definition) is 5. The molecule has 4 bridgehead atoms. The molecule has 1 amide bonds. The lowest BCUT2D eigenvalue weighted by atomic mass is 9.64. The van der Waals surface area contributed by atoms with Gasteiger partial charge in [-0.2, -0.15) is 5.10 Å². The number of fused-ring (bicyclic) bond motifs is 2. The summed E-state index contributed by atoms with van der Waals surface area (Å²) in [5.41, 5.74) is 3.42. The number of hydrogen-bond donors (Lipinski definition) is 1. The van der Waals surface area contributed by atoms with Gasteiger partial charge in [-0.15, -0.1) is 0 Å². The van der Waals surface area contributed by atoms with E-state index in [4.69, 9.17) is 0 Å². The van der Waals surface area contributed by atoms with E-state index in [1.165, 1.54) is 5.56 Å². The van der Waals surface area contributed by atoms with Gasteiger partial charge in [0.05, 0.1) is 17.5 Å². The van der Waals surface area contributed by atoms with Crippen LogP contribution in [0, 0.1) is 12.8 Å². The van der Waals surface area contributed by atoms with Crippen molar-refractivity contribution in [1.29, 1.82) is 0 Å². The van der Waals surface area contributed by atoms with E-state index in [1.54, 1.807) is 16.9 Å². The third-order valence-corrected chi connectivity index (χ3v) is 7.33. The highest BCUT2D eigenvalue weighted by molar-refractivity contribution is 5.95. The van der Waals surface area contributed by atoms with Gasteiger partial charge in [0.2, 0.25) is 0 Å². The first kappa shape index (κ1) is 18.0. The number of aryl methyl sites for hydroxylation is 1. The maximum atomic E-state index is 13.5. The maximum absolute atomic E-state index is 13.5. The maximum Gasteiger partial charge on any atom is 0.254 e. The fourth-order valence-corrected chi connectivity index (χ4v) is 6.00. The summed E-state index contributed by atoms with van der Waals surface area (Å²) in [6, 6.07) is 12.7. The average Bonchev–Trinajstić information content (AvgIpc) is 3.10. The standard InChI is InChI=1S/C23H26N6O/c1-16-19(11-24-20-7-8-25-29(16)20)22(30)26-21-17-12-27-9-10-28(13-17)15-23(21,14-27)18-5-3-2-4-6-18/h2-8,11,17,21H,9-10,12-15H2,1H3,(H,26,30)/t17?,21-,23?/m1/s1. The largest absolute Gasteiger partial charge is 0.348 e. The summed E-state index contributed by atoms with van der Waals surface area (Å²) in [5.74, 6) is 0.370. The Labute approximate surface area is 175 Å². The van der Waals surface area contributed by atoms with Gasteiger partial charge in [0.15, 0.2) is 5.65 Å². The van der Waals surface area contributed by atoms with E-state index in [0.717, 1.165) is 50.6 Å². The third-order valence-electron chi connectivity index (χ3n) is 7.33. The summed E-state index contributed by atoms with van der Waals surface area (Å²) in [4.78, 5) is 23.1. The van der Waals surface area contributed by atoms with E-state index in [0.29, 0.717) is 11.5 Å². The number of nitrogens with zero attached hydrogens (tertiary/aromatic N) is 5. The van der Waals surface area contributed by atoms with Crippen molar-refractivity contribution in [3.63, 3.8) is 0 Å². The normalized spacial score (nSPS) is 32.3. The van der Waals surface area contributed by atoms with E-state index in [1.807, 2.05) is 13.0 Å². The first-order chi connectivity index (χ1) is 14.6. The van der Waals surface area contributed by atoms with Crippen LogP contribution in [0.25, 0.3) is 5.65 Å². The lowest BCUT2D eigenvalue weighted by Crippen LogP contribution is -2.70. The molecule has 7 heteroatoms. The smallest absolute Gasteiger partial charge is 0.254 e. The molecule has 1 aromatic carbocycles. The fourth-order valence-electron chi connectivity index (χ4n) is 6.00. The molecule has 4 fully saturated rings. The number of nitrogens with one attached hydrogen (secondary N) is 1. The number of amides is 1. The van der Waals surface area contributed by atoms with Crippen LogP contribution in [0.5, 0.6) is 0 Å². The predicted molar refractivity (Wildman–Crippen MR) is 113 cm³/mol. The molecule has 0 spiro atoms. The van der Waals surface area contributed by atoms with Gasteiger partial charge in [-0.1, -0.05) is 30.3 Å². The second-order valence-corrected chi connectivity index (χ2v) is 9.06. The van der Waals surface area contributed by atoms with Crippen molar-refractivity contribution in [2.45, 2.75) is 18.4 Å². The molecule has 7 nitrogen and oxygen atoms in total. The monoisotopic (exact) mass is 402 g/mol. The Kier molecular flexibility index (Phi) is 3.98. The second kappa shape index (κ2) is 6.62. The summed E-state index contributed by atoms with van der Waals surface area (Å²) in [6.45, 7) is 8.24. The van der Waals surface area contributed by atoms with Crippen LogP contribution < -0.4 is 5.32 Å². The zero-order valence-corrected chi connectivity index (χ0v) is 17.2. The van der Waals surface area contributed by atoms with Gasteiger partial charge in [-0.3, -0.25) is 4.79 Å². The number of benzene rings is 1. The Balaban J connectivity index is 1.39. The second-order valence-electron chi connectivity index (χ2n) is 9.06. The molecule has 3 aromatic rings. The molecule has 2 unspecified atom stereocenters. The summed E-state index contributed by atoms with van der Waals surface area (Å²) in [7, 11) is 0. The van der Waals surface area contributed by atoms with Gasteiger partial charge in [-0.05, 0) is 12.5 Å². The van der Waals surface area contributed by atoms with Crippen LogP contribution in [0.2, 0.25) is 0 Å². The van der Waals surface area contributed by atoms with Crippen molar-refractivity contribution in [2.24, 2.45) is 5.92 Å². The molecule has 6 heterocycles. The van der Waals surface area contributed by atoms with Crippen LogP contribution in [0.1, 0.15) is 21.6 Å². The van der Waals surface area contributed by atoms with E-state index >= 15 is 0 Å². The minimum absolute atomic E-state index is 0.0474. The van der Waals surface area contributed by atoms with Crippen molar-refractivity contribution < 1.29 is 4.79 Å². The molecule has 0 radical (unpaired) electrons. The van der Waals surface area contributed by atoms with Gasteiger partial charge in [0.25, 0.3) is 5.91 Å². The minimum Gasteiger partial charge on any atom is -0.348 e. The number of carbonyl (C=O) groups is 1. The zero-order valence-electron chi connectivity index (χ0n) is 17.2. The van der Waals surface area contributed by atoms with Crippen LogP contribution >= 0.6 is 0 Å². The molecule has 4 aliphatic heterocycles.